The third kappa shape index (κ3) is 2.35. The summed E-state index contributed by atoms with van der Waals surface area (Å²) in [5.41, 5.74) is 3.63. The van der Waals surface area contributed by atoms with E-state index in [4.69, 9.17) is 4.42 Å². The topological polar surface area (TPSA) is 42.2 Å². The quantitative estimate of drug-likeness (QED) is 0.534. The molecule has 0 saturated carbocycles. The van der Waals surface area contributed by atoms with Gasteiger partial charge in [0, 0.05) is 11.1 Å². The molecule has 4 aromatic rings. The van der Waals surface area contributed by atoms with Gasteiger partial charge in [-0.15, -0.1) is 0 Å². The summed E-state index contributed by atoms with van der Waals surface area (Å²) in [5, 5.41) is 6.15. The van der Waals surface area contributed by atoms with Gasteiger partial charge in [0.05, 0.1) is 0 Å². The Morgan fingerprint density at radius 3 is 2.42 bits per heavy atom. The lowest BCUT2D eigenvalue weighted by Gasteiger charge is -2.09. The Balaban J connectivity index is 1.76. The van der Waals surface area contributed by atoms with Crippen molar-refractivity contribution >= 4 is 33.3 Å². The molecule has 0 aliphatic carbocycles. The van der Waals surface area contributed by atoms with Gasteiger partial charge < -0.3 is 9.73 Å². The molecule has 1 N–H and O–H groups in total. The van der Waals surface area contributed by atoms with E-state index in [1.165, 1.54) is 0 Å². The minimum atomic E-state index is -0.229. The van der Waals surface area contributed by atoms with Crippen molar-refractivity contribution in [2.75, 3.05) is 5.32 Å². The summed E-state index contributed by atoms with van der Waals surface area (Å²) in [6, 6.07) is 19.8. The number of hydrogen-bond donors (Lipinski definition) is 1. The molecule has 0 unspecified atom stereocenters. The Morgan fingerprint density at radius 2 is 1.62 bits per heavy atom. The van der Waals surface area contributed by atoms with E-state index >= 15 is 0 Å². The highest BCUT2D eigenvalue weighted by Crippen LogP contribution is 2.29. The first-order chi connectivity index (χ1) is 11.6. The Hall–Kier alpha value is -3.07. The monoisotopic (exact) mass is 315 g/mol. The number of nitrogens with one attached hydrogen (secondary N) is 1. The highest BCUT2D eigenvalue weighted by molar-refractivity contribution is 6.11. The minimum absolute atomic E-state index is 0.229. The SMILES string of the molecule is Cc1cccc(C)c1NC(=O)c1cc2c(ccc3ccccc32)o1. The smallest absolute Gasteiger partial charge is 0.291 e. The van der Waals surface area contributed by atoms with Gasteiger partial charge in [0.15, 0.2) is 5.76 Å². The van der Waals surface area contributed by atoms with Crippen LogP contribution in [0.2, 0.25) is 0 Å². The van der Waals surface area contributed by atoms with E-state index in [1.54, 1.807) is 0 Å². The summed E-state index contributed by atoms with van der Waals surface area (Å²) in [7, 11) is 0. The molecule has 3 aromatic carbocycles. The summed E-state index contributed by atoms with van der Waals surface area (Å²) < 4.78 is 5.78. The number of rotatable bonds is 2. The minimum Gasteiger partial charge on any atom is -0.451 e. The molecule has 118 valence electrons. The fraction of sp³-hybridized carbons (Fsp3) is 0.0952. The zero-order valence-corrected chi connectivity index (χ0v) is 13.6. The highest BCUT2D eigenvalue weighted by Gasteiger charge is 2.15. The predicted molar refractivity (Wildman–Crippen MR) is 97.6 cm³/mol. The highest BCUT2D eigenvalue weighted by atomic mass is 16.3. The lowest BCUT2D eigenvalue weighted by molar-refractivity contribution is 0.0998. The van der Waals surface area contributed by atoms with Crippen LogP contribution >= 0.6 is 0 Å². The van der Waals surface area contributed by atoms with Crippen LogP contribution in [0.4, 0.5) is 5.69 Å². The zero-order chi connectivity index (χ0) is 16.7. The van der Waals surface area contributed by atoms with E-state index in [2.05, 4.69) is 11.4 Å². The summed E-state index contributed by atoms with van der Waals surface area (Å²) in [4.78, 5) is 12.6. The first-order valence-electron chi connectivity index (χ1n) is 7.92. The molecule has 0 radical (unpaired) electrons. The first-order valence-corrected chi connectivity index (χ1v) is 7.92. The molecule has 3 heteroatoms. The summed E-state index contributed by atoms with van der Waals surface area (Å²) in [6.45, 7) is 3.96. The van der Waals surface area contributed by atoms with Crippen molar-refractivity contribution in [1.29, 1.82) is 0 Å². The van der Waals surface area contributed by atoms with Crippen LogP contribution in [-0.2, 0) is 0 Å². The van der Waals surface area contributed by atoms with Crippen molar-refractivity contribution in [2.45, 2.75) is 13.8 Å². The van der Waals surface area contributed by atoms with Crippen LogP contribution in [0.1, 0.15) is 21.7 Å². The fourth-order valence-corrected chi connectivity index (χ4v) is 3.09. The average Bonchev–Trinajstić information content (AvgIpc) is 3.03. The molecule has 0 saturated heterocycles. The second kappa shape index (κ2) is 5.53. The van der Waals surface area contributed by atoms with Gasteiger partial charge in [-0.1, -0.05) is 48.5 Å². The molecule has 24 heavy (non-hydrogen) atoms. The molecule has 0 atom stereocenters. The largest absolute Gasteiger partial charge is 0.451 e. The maximum atomic E-state index is 12.6. The van der Waals surface area contributed by atoms with Gasteiger partial charge in [0.2, 0.25) is 0 Å². The van der Waals surface area contributed by atoms with Crippen LogP contribution in [-0.4, -0.2) is 5.91 Å². The van der Waals surface area contributed by atoms with Crippen LogP contribution in [0.25, 0.3) is 21.7 Å². The number of carbonyl (C=O) groups is 1. The maximum absolute atomic E-state index is 12.6. The molecule has 1 amide bonds. The first kappa shape index (κ1) is 14.5. The standard InChI is InChI=1S/C21H17NO2/c1-13-6-5-7-14(2)20(13)22-21(23)19-12-17-16-9-4-3-8-15(16)10-11-18(17)24-19/h3-12H,1-2H3,(H,22,23). The lowest BCUT2D eigenvalue weighted by Crippen LogP contribution is -2.12. The van der Waals surface area contributed by atoms with Gasteiger partial charge in [-0.3, -0.25) is 4.79 Å². The number of fused-ring (bicyclic) bond motifs is 3. The average molecular weight is 315 g/mol. The number of para-hydroxylation sites is 1. The Morgan fingerprint density at radius 1 is 0.875 bits per heavy atom. The van der Waals surface area contributed by atoms with Crippen LogP contribution in [0, 0.1) is 13.8 Å². The van der Waals surface area contributed by atoms with E-state index < -0.39 is 0 Å². The molecule has 0 aliphatic heterocycles. The van der Waals surface area contributed by atoms with E-state index in [1.807, 2.05) is 68.4 Å². The second-order valence-electron chi connectivity index (χ2n) is 6.03. The normalized spacial score (nSPS) is 11.1. The zero-order valence-electron chi connectivity index (χ0n) is 13.6. The van der Waals surface area contributed by atoms with E-state index in [0.29, 0.717) is 5.76 Å². The Labute approximate surface area is 139 Å². The van der Waals surface area contributed by atoms with Crippen molar-refractivity contribution in [1.82, 2.24) is 0 Å². The number of benzene rings is 3. The Bertz CT molecular complexity index is 1060. The maximum Gasteiger partial charge on any atom is 0.291 e. The van der Waals surface area contributed by atoms with Gasteiger partial charge in [0.1, 0.15) is 5.58 Å². The van der Waals surface area contributed by atoms with Crippen molar-refractivity contribution in [2.24, 2.45) is 0 Å². The van der Waals surface area contributed by atoms with E-state index in [9.17, 15) is 4.79 Å². The van der Waals surface area contributed by atoms with Gasteiger partial charge in [0.25, 0.3) is 5.91 Å². The third-order valence-electron chi connectivity index (χ3n) is 4.37. The molecule has 0 fully saturated rings. The molecular formula is C21H17NO2. The van der Waals surface area contributed by atoms with Crippen LogP contribution < -0.4 is 5.32 Å². The van der Waals surface area contributed by atoms with Crippen molar-refractivity contribution in [3.63, 3.8) is 0 Å². The summed E-state index contributed by atoms with van der Waals surface area (Å²) >= 11 is 0. The summed E-state index contributed by atoms with van der Waals surface area (Å²) in [6.07, 6.45) is 0. The van der Waals surface area contributed by atoms with Crippen molar-refractivity contribution in [3.05, 3.63) is 77.6 Å². The van der Waals surface area contributed by atoms with Crippen LogP contribution in [0.15, 0.2) is 65.1 Å². The van der Waals surface area contributed by atoms with E-state index in [0.717, 1.165) is 38.6 Å². The molecule has 4 rings (SSSR count). The third-order valence-corrected chi connectivity index (χ3v) is 4.37. The predicted octanol–water partition coefficient (Wildman–Crippen LogP) is 5.46. The number of aryl methyl sites for hydroxylation is 2. The van der Waals surface area contributed by atoms with Crippen molar-refractivity contribution in [3.8, 4) is 0 Å². The molecule has 1 aromatic heterocycles. The number of hydrogen-bond acceptors (Lipinski definition) is 2. The molecule has 0 bridgehead atoms. The second-order valence-corrected chi connectivity index (χ2v) is 6.03. The van der Waals surface area contributed by atoms with Gasteiger partial charge in [-0.05, 0) is 47.9 Å². The van der Waals surface area contributed by atoms with Gasteiger partial charge >= 0.3 is 0 Å². The van der Waals surface area contributed by atoms with Crippen LogP contribution in [0.5, 0.6) is 0 Å². The summed E-state index contributed by atoms with van der Waals surface area (Å²) in [5.74, 6) is 0.0942. The van der Waals surface area contributed by atoms with Crippen LogP contribution in [0.3, 0.4) is 0 Å². The fourth-order valence-electron chi connectivity index (χ4n) is 3.09. The molecule has 0 aliphatic rings. The lowest BCUT2D eigenvalue weighted by atomic mass is 10.1. The molecule has 3 nitrogen and oxygen atoms in total. The van der Waals surface area contributed by atoms with Crippen molar-refractivity contribution < 1.29 is 9.21 Å². The van der Waals surface area contributed by atoms with Gasteiger partial charge in [-0.2, -0.15) is 0 Å². The number of anilines is 1. The molecule has 1 heterocycles. The van der Waals surface area contributed by atoms with Gasteiger partial charge in [-0.25, -0.2) is 0 Å². The number of amides is 1. The number of furan rings is 1. The number of carbonyl (C=O) groups excluding carboxylic acids is 1. The van der Waals surface area contributed by atoms with E-state index in [-0.39, 0.29) is 5.91 Å². The molecular weight excluding hydrogens is 298 g/mol. The molecule has 0 spiro atoms. The Kier molecular flexibility index (Phi) is 3.35.